The molecule has 0 bridgehead atoms. The molecule has 20 heteroatoms. The van der Waals surface area contributed by atoms with Crippen molar-refractivity contribution in [3.63, 3.8) is 0 Å². The van der Waals surface area contributed by atoms with E-state index in [9.17, 15) is 42.0 Å². The molecule has 0 aromatic carbocycles. The third-order valence-electron chi connectivity index (χ3n) is 14.1. The summed E-state index contributed by atoms with van der Waals surface area (Å²) in [6.45, 7) is 1.62. The number of rotatable bonds is 16. The van der Waals surface area contributed by atoms with Gasteiger partial charge in [0.2, 0.25) is 51.4 Å². The summed E-state index contributed by atoms with van der Waals surface area (Å²) in [5, 5.41) is 18.2. The second-order valence-corrected chi connectivity index (χ2v) is 21.4. The van der Waals surface area contributed by atoms with E-state index < -0.39 is 51.7 Å². The van der Waals surface area contributed by atoms with Crippen LogP contribution in [0.25, 0.3) is 0 Å². The monoisotopic (exact) mass is 892 g/mol. The molecule has 7 amide bonds. The number of sulfonamides is 1. The number of hydrogen-bond donors (Lipinski definition) is 6. The molecule has 8 atom stereocenters. The van der Waals surface area contributed by atoms with Crippen LogP contribution in [-0.4, -0.2) is 140 Å². The topological polar surface area (TPSA) is 242 Å². The maximum atomic E-state index is 13.6. The van der Waals surface area contributed by atoms with Gasteiger partial charge in [0, 0.05) is 63.0 Å². The van der Waals surface area contributed by atoms with E-state index in [-0.39, 0.29) is 85.4 Å². The number of likely N-dealkylation sites (tertiary alicyclic amines) is 1. The predicted octanol–water partition coefficient (Wildman–Crippen LogP) is -0.0745. The van der Waals surface area contributed by atoms with Crippen LogP contribution >= 0.6 is 11.8 Å². The Morgan fingerprint density at radius 3 is 2.34 bits per heavy atom. The summed E-state index contributed by atoms with van der Waals surface area (Å²) in [7, 11) is -3.43. The van der Waals surface area contributed by atoms with Crippen LogP contribution in [0.3, 0.4) is 0 Å². The Kier molecular flexibility index (Phi) is 15.4. The number of carbonyl (C=O) groups excluding carboxylic acids is 7. The minimum atomic E-state index is -3.43. The minimum Gasteiger partial charge on any atom is -0.378 e. The number of fused-ring (bicyclic) bond motifs is 1. The Balaban J connectivity index is 0.810. The summed E-state index contributed by atoms with van der Waals surface area (Å²) < 4.78 is 31.5. The highest BCUT2D eigenvalue weighted by atomic mass is 32.2. The number of carbonyl (C=O) groups is 7. The van der Waals surface area contributed by atoms with Crippen molar-refractivity contribution in [2.24, 2.45) is 35.5 Å². The van der Waals surface area contributed by atoms with Crippen LogP contribution in [0.2, 0.25) is 0 Å². The van der Waals surface area contributed by atoms with Crippen molar-refractivity contribution >= 4 is 63.1 Å². The number of ether oxygens (including phenoxy) is 1. The van der Waals surface area contributed by atoms with Gasteiger partial charge in [-0.1, -0.05) is 19.3 Å². The summed E-state index contributed by atoms with van der Waals surface area (Å²) in [6, 6.07) is -1.55. The van der Waals surface area contributed by atoms with Crippen LogP contribution in [0.15, 0.2) is 0 Å². The Hall–Kier alpha value is -3.17. The SMILES string of the molecule is CS(=O)(=O)N1CCC(C(=O)N[C@@H](COCC2CCC(C(=O)NCCNC3CCC4C(=O)N(C5CCC(=O)NC5=O)C(=O)C4C3)CC2)C(=O)NC2NC(C3CCCCC3)CS2)C1. The van der Waals surface area contributed by atoms with Gasteiger partial charge in [-0.3, -0.25) is 49.1 Å². The Bertz CT molecular complexity index is 1770. The molecule has 7 unspecified atom stereocenters. The lowest BCUT2D eigenvalue weighted by molar-refractivity contribution is -0.151. The van der Waals surface area contributed by atoms with Gasteiger partial charge < -0.3 is 26.0 Å². The summed E-state index contributed by atoms with van der Waals surface area (Å²) in [5.74, 6) is -2.31. The standard InChI is InChI=1S/C41H64N8O10S2/c1-61(57,58)48-18-15-27(20-48)36(52)44-31(37(53)47-41-45-32(23-60-41)25-5-3-2-4-6-25)22-59-21-24-7-9-26(10-8-24)35(51)43-17-16-42-28-11-12-29-30(19-28)40(56)49(39(29)55)33-13-14-34(50)46-38(33)54/h24-33,41-42,45H,2-23H2,1H3,(H,43,51)(H,44,52)(H,47,53)(H,46,50,54)/t24?,26?,27?,28?,29?,30?,31-,32?,33?,41?/m0/s1. The average Bonchev–Trinajstić information content (AvgIpc) is 3.99. The van der Waals surface area contributed by atoms with E-state index in [0.717, 1.165) is 29.8 Å². The summed E-state index contributed by atoms with van der Waals surface area (Å²) >= 11 is 1.66. The molecule has 4 saturated heterocycles. The fraction of sp³-hybridized carbons (Fsp3) is 0.829. The predicted molar refractivity (Wildman–Crippen MR) is 224 cm³/mol. The molecule has 4 heterocycles. The lowest BCUT2D eigenvalue weighted by Crippen LogP contribution is -2.55. The zero-order chi connectivity index (χ0) is 43.3. The third-order valence-corrected chi connectivity index (χ3v) is 16.5. The maximum Gasteiger partial charge on any atom is 0.249 e. The van der Waals surface area contributed by atoms with Gasteiger partial charge >= 0.3 is 0 Å². The van der Waals surface area contributed by atoms with E-state index in [0.29, 0.717) is 70.2 Å². The van der Waals surface area contributed by atoms with Crippen molar-refractivity contribution in [3.05, 3.63) is 0 Å². The zero-order valence-corrected chi connectivity index (χ0v) is 36.8. The molecular weight excluding hydrogens is 829 g/mol. The Morgan fingerprint density at radius 1 is 0.869 bits per heavy atom. The molecule has 0 aromatic heterocycles. The Labute approximate surface area is 362 Å². The van der Waals surface area contributed by atoms with E-state index >= 15 is 0 Å². The highest BCUT2D eigenvalue weighted by molar-refractivity contribution is 8.00. The van der Waals surface area contributed by atoms with Crippen molar-refractivity contribution in [1.29, 1.82) is 0 Å². The molecule has 7 fully saturated rings. The van der Waals surface area contributed by atoms with Crippen LogP contribution in [-0.2, 0) is 48.3 Å². The number of nitrogens with one attached hydrogen (secondary N) is 6. The second-order valence-electron chi connectivity index (χ2n) is 18.3. The van der Waals surface area contributed by atoms with Crippen LogP contribution in [0.4, 0.5) is 0 Å². The van der Waals surface area contributed by atoms with Crippen LogP contribution in [0.5, 0.6) is 0 Å². The second kappa shape index (κ2) is 20.6. The number of imide groups is 2. The van der Waals surface area contributed by atoms with Crippen LogP contribution < -0.4 is 31.9 Å². The zero-order valence-electron chi connectivity index (χ0n) is 35.2. The molecule has 6 N–H and O–H groups in total. The van der Waals surface area contributed by atoms with Crippen LogP contribution in [0, 0.1) is 35.5 Å². The van der Waals surface area contributed by atoms with Crippen molar-refractivity contribution in [2.75, 3.05) is 51.4 Å². The smallest absolute Gasteiger partial charge is 0.249 e. The number of hydrogen-bond acceptors (Lipinski definition) is 13. The molecular formula is C41H64N8O10S2. The van der Waals surface area contributed by atoms with Crippen molar-refractivity contribution in [1.82, 2.24) is 41.1 Å². The van der Waals surface area contributed by atoms with E-state index in [4.69, 9.17) is 4.74 Å². The lowest BCUT2D eigenvalue weighted by atomic mass is 9.78. The van der Waals surface area contributed by atoms with Crippen LogP contribution in [0.1, 0.15) is 96.3 Å². The highest BCUT2D eigenvalue weighted by Crippen LogP contribution is 2.40. The first-order valence-electron chi connectivity index (χ1n) is 22.5. The van der Waals surface area contributed by atoms with Crippen molar-refractivity contribution < 1.29 is 46.7 Å². The molecule has 0 radical (unpaired) electrons. The van der Waals surface area contributed by atoms with Gasteiger partial charge in [-0.2, -0.15) is 0 Å². The molecule has 3 saturated carbocycles. The maximum absolute atomic E-state index is 13.6. The largest absolute Gasteiger partial charge is 0.378 e. The van der Waals surface area contributed by atoms with Crippen molar-refractivity contribution in [2.45, 2.75) is 126 Å². The van der Waals surface area contributed by atoms with E-state index in [2.05, 4.69) is 31.9 Å². The summed E-state index contributed by atoms with van der Waals surface area (Å²) in [5.41, 5.74) is -0.271. The molecule has 3 aliphatic carbocycles. The van der Waals surface area contributed by atoms with E-state index in [1.165, 1.54) is 36.4 Å². The number of piperidine rings is 1. The van der Waals surface area contributed by atoms with Gasteiger partial charge in [-0.25, -0.2) is 12.7 Å². The first-order valence-corrected chi connectivity index (χ1v) is 25.4. The lowest BCUT2D eigenvalue weighted by Gasteiger charge is -2.30. The highest BCUT2D eigenvalue weighted by Gasteiger charge is 2.54. The number of amides is 7. The molecule has 18 nitrogen and oxygen atoms in total. The van der Waals surface area contributed by atoms with Gasteiger partial charge in [-0.15, -0.1) is 11.8 Å². The number of nitrogens with zero attached hydrogens (tertiary/aromatic N) is 2. The third kappa shape index (κ3) is 11.5. The first kappa shape index (κ1) is 45.8. The van der Waals surface area contributed by atoms with Crippen molar-refractivity contribution in [3.8, 4) is 0 Å². The molecule has 7 rings (SSSR count). The van der Waals surface area contributed by atoms with Gasteiger partial charge in [0.05, 0.1) is 30.6 Å². The quantitative estimate of drug-likeness (QED) is 0.0880. The normalized spacial score (nSPS) is 33.3. The minimum absolute atomic E-state index is 0.00384. The molecule has 0 spiro atoms. The molecule has 61 heavy (non-hydrogen) atoms. The fourth-order valence-corrected chi connectivity index (χ4v) is 12.6. The summed E-state index contributed by atoms with van der Waals surface area (Å²) in [6.07, 6.45) is 12.5. The molecule has 340 valence electrons. The first-order chi connectivity index (χ1) is 29.2. The summed E-state index contributed by atoms with van der Waals surface area (Å²) in [4.78, 5) is 91.6. The Morgan fingerprint density at radius 2 is 1.62 bits per heavy atom. The molecule has 0 aromatic rings. The molecule has 4 aliphatic heterocycles. The van der Waals surface area contributed by atoms with Gasteiger partial charge in [0.25, 0.3) is 0 Å². The van der Waals surface area contributed by atoms with E-state index in [1.54, 1.807) is 11.8 Å². The van der Waals surface area contributed by atoms with E-state index in [1.807, 2.05) is 0 Å². The average molecular weight is 893 g/mol. The fourth-order valence-electron chi connectivity index (χ4n) is 10.5. The number of thioether (sulfide) groups is 1. The molecule has 7 aliphatic rings. The van der Waals surface area contributed by atoms with Gasteiger partial charge in [0.1, 0.15) is 17.6 Å². The van der Waals surface area contributed by atoms with Gasteiger partial charge in [0.15, 0.2) is 0 Å². The van der Waals surface area contributed by atoms with Gasteiger partial charge in [-0.05, 0) is 82.5 Å².